The van der Waals surface area contributed by atoms with Crippen molar-refractivity contribution in [3.05, 3.63) is 42.5 Å². The first-order valence-electron chi connectivity index (χ1n) is 8.39. The Balaban J connectivity index is 2.05. The Bertz CT molecular complexity index is 928. The summed E-state index contributed by atoms with van der Waals surface area (Å²) < 4.78 is 40.3. The summed E-state index contributed by atoms with van der Waals surface area (Å²) >= 11 is 0. The van der Waals surface area contributed by atoms with Crippen molar-refractivity contribution in [3.8, 4) is 17.2 Å². The fraction of sp³-hybridized carbons (Fsp3) is 0.316. The van der Waals surface area contributed by atoms with Crippen LogP contribution in [0.5, 0.6) is 17.2 Å². The average molecular weight is 408 g/mol. The summed E-state index contributed by atoms with van der Waals surface area (Å²) in [5.74, 6) is 1.15. The minimum absolute atomic E-state index is 0.360. The number of benzene rings is 2. The lowest BCUT2D eigenvalue weighted by molar-refractivity contribution is -0.122. The number of nitrogens with zero attached hydrogens (tertiary/aromatic N) is 1. The SMILES string of the molecule is COc1ccc(NC(=O)[C@@H](C)Oc2ccc(N(C)S(C)(=O)=O)cc2)c(OC)c1. The van der Waals surface area contributed by atoms with Gasteiger partial charge in [0.25, 0.3) is 5.91 Å². The maximum Gasteiger partial charge on any atom is 0.265 e. The molecule has 2 aromatic rings. The van der Waals surface area contributed by atoms with E-state index < -0.39 is 16.1 Å². The summed E-state index contributed by atoms with van der Waals surface area (Å²) in [6, 6.07) is 11.5. The Morgan fingerprint density at radius 2 is 1.64 bits per heavy atom. The molecule has 2 aromatic carbocycles. The number of rotatable bonds is 8. The van der Waals surface area contributed by atoms with E-state index in [2.05, 4.69) is 5.32 Å². The summed E-state index contributed by atoms with van der Waals surface area (Å²) in [6.07, 6.45) is 0.336. The van der Waals surface area contributed by atoms with E-state index in [1.807, 2.05) is 0 Å². The molecule has 0 aliphatic carbocycles. The average Bonchev–Trinajstić information content (AvgIpc) is 2.67. The first-order valence-corrected chi connectivity index (χ1v) is 10.2. The largest absolute Gasteiger partial charge is 0.497 e. The molecule has 8 nitrogen and oxygen atoms in total. The molecule has 1 amide bonds. The van der Waals surface area contributed by atoms with Crippen LogP contribution in [-0.4, -0.2) is 48.0 Å². The summed E-state index contributed by atoms with van der Waals surface area (Å²) in [5, 5.41) is 2.75. The zero-order valence-electron chi connectivity index (χ0n) is 16.4. The van der Waals surface area contributed by atoms with Gasteiger partial charge in [-0.3, -0.25) is 9.10 Å². The Kier molecular flexibility index (Phi) is 6.74. The van der Waals surface area contributed by atoms with Gasteiger partial charge < -0.3 is 19.5 Å². The van der Waals surface area contributed by atoms with Crippen LogP contribution in [0.4, 0.5) is 11.4 Å². The van der Waals surface area contributed by atoms with Crippen LogP contribution in [0.1, 0.15) is 6.92 Å². The third kappa shape index (κ3) is 5.29. The van der Waals surface area contributed by atoms with Gasteiger partial charge in [0.05, 0.1) is 31.9 Å². The Morgan fingerprint density at radius 3 is 2.18 bits per heavy atom. The highest BCUT2D eigenvalue weighted by atomic mass is 32.2. The number of anilines is 2. The molecular formula is C19H24N2O6S. The van der Waals surface area contributed by atoms with E-state index in [1.54, 1.807) is 56.5 Å². The molecule has 0 bridgehead atoms. The quantitative estimate of drug-likeness (QED) is 0.721. The molecule has 0 spiro atoms. The van der Waals surface area contributed by atoms with Gasteiger partial charge in [-0.05, 0) is 43.3 Å². The summed E-state index contributed by atoms with van der Waals surface area (Å²) in [5.41, 5.74) is 0.990. The zero-order chi connectivity index (χ0) is 20.9. The van der Waals surface area contributed by atoms with Crippen molar-refractivity contribution in [2.75, 3.05) is 37.1 Å². The normalized spacial score (nSPS) is 12.0. The van der Waals surface area contributed by atoms with Crippen LogP contribution in [0.3, 0.4) is 0 Å². The highest BCUT2D eigenvalue weighted by Crippen LogP contribution is 2.29. The lowest BCUT2D eigenvalue weighted by atomic mass is 10.2. The topological polar surface area (TPSA) is 94.2 Å². The Morgan fingerprint density at radius 1 is 1.04 bits per heavy atom. The van der Waals surface area contributed by atoms with Crippen molar-refractivity contribution < 1.29 is 27.4 Å². The first kappa shape index (κ1) is 21.4. The lowest BCUT2D eigenvalue weighted by Crippen LogP contribution is -2.30. The van der Waals surface area contributed by atoms with Crippen LogP contribution in [-0.2, 0) is 14.8 Å². The molecule has 1 atom stereocenters. The molecular weight excluding hydrogens is 384 g/mol. The van der Waals surface area contributed by atoms with Gasteiger partial charge in [0.1, 0.15) is 17.2 Å². The summed E-state index contributed by atoms with van der Waals surface area (Å²) in [6.45, 7) is 1.61. The van der Waals surface area contributed by atoms with Gasteiger partial charge >= 0.3 is 0 Å². The van der Waals surface area contributed by atoms with Gasteiger partial charge in [-0.1, -0.05) is 0 Å². The van der Waals surface area contributed by atoms with Crippen molar-refractivity contribution in [2.24, 2.45) is 0 Å². The fourth-order valence-corrected chi connectivity index (χ4v) is 2.82. The molecule has 0 saturated heterocycles. The van der Waals surface area contributed by atoms with Crippen molar-refractivity contribution in [2.45, 2.75) is 13.0 Å². The van der Waals surface area contributed by atoms with Crippen molar-refractivity contribution >= 4 is 27.3 Å². The molecule has 9 heteroatoms. The predicted octanol–water partition coefficient (Wildman–Crippen LogP) is 2.51. The predicted molar refractivity (Wildman–Crippen MR) is 108 cm³/mol. The van der Waals surface area contributed by atoms with E-state index in [9.17, 15) is 13.2 Å². The highest BCUT2D eigenvalue weighted by Gasteiger charge is 2.18. The molecule has 0 unspecified atom stereocenters. The first-order chi connectivity index (χ1) is 13.2. The monoisotopic (exact) mass is 408 g/mol. The number of amides is 1. The molecule has 0 aliphatic rings. The van der Waals surface area contributed by atoms with E-state index >= 15 is 0 Å². The smallest absolute Gasteiger partial charge is 0.265 e. The molecule has 152 valence electrons. The molecule has 0 aromatic heterocycles. The van der Waals surface area contributed by atoms with E-state index in [1.165, 1.54) is 14.2 Å². The molecule has 0 aliphatic heterocycles. The van der Waals surface area contributed by atoms with Gasteiger partial charge in [-0.25, -0.2) is 8.42 Å². The highest BCUT2D eigenvalue weighted by molar-refractivity contribution is 7.92. The van der Waals surface area contributed by atoms with Crippen LogP contribution < -0.4 is 23.8 Å². The van der Waals surface area contributed by atoms with Crippen molar-refractivity contribution in [1.29, 1.82) is 0 Å². The standard InChI is InChI=1S/C19H24N2O6S/c1-13(19(22)20-17-11-10-16(25-3)12-18(17)26-4)27-15-8-6-14(7-9-15)21(2)28(5,23)24/h6-13H,1-5H3,(H,20,22)/t13-/m1/s1. The van der Waals surface area contributed by atoms with Gasteiger partial charge in [0, 0.05) is 13.1 Å². The van der Waals surface area contributed by atoms with Crippen LogP contribution in [0.25, 0.3) is 0 Å². The number of carbonyl (C=O) groups excluding carboxylic acids is 1. The maximum atomic E-state index is 12.4. The minimum atomic E-state index is -3.34. The second-order valence-electron chi connectivity index (χ2n) is 6.04. The van der Waals surface area contributed by atoms with Gasteiger partial charge in [-0.2, -0.15) is 0 Å². The van der Waals surface area contributed by atoms with Crippen LogP contribution in [0.2, 0.25) is 0 Å². The van der Waals surface area contributed by atoms with E-state index in [-0.39, 0.29) is 5.91 Å². The van der Waals surface area contributed by atoms with Gasteiger partial charge in [0.2, 0.25) is 10.0 Å². The molecule has 0 radical (unpaired) electrons. The minimum Gasteiger partial charge on any atom is -0.497 e. The number of nitrogens with one attached hydrogen (secondary N) is 1. The van der Waals surface area contributed by atoms with Crippen molar-refractivity contribution in [1.82, 2.24) is 0 Å². The zero-order valence-corrected chi connectivity index (χ0v) is 17.2. The van der Waals surface area contributed by atoms with E-state index in [0.717, 1.165) is 10.6 Å². The van der Waals surface area contributed by atoms with E-state index in [0.29, 0.717) is 28.6 Å². The van der Waals surface area contributed by atoms with Crippen molar-refractivity contribution in [3.63, 3.8) is 0 Å². The van der Waals surface area contributed by atoms with Crippen LogP contribution in [0, 0.1) is 0 Å². The lowest BCUT2D eigenvalue weighted by Gasteiger charge is -2.19. The number of hydrogen-bond donors (Lipinski definition) is 1. The second-order valence-corrected chi connectivity index (χ2v) is 8.05. The molecule has 0 fully saturated rings. The third-order valence-corrected chi connectivity index (χ3v) is 5.25. The van der Waals surface area contributed by atoms with E-state index in [4.69, 9.17) is 14.2 Å². The fourth-order valence-electron chi connectivity index (χ4n) is 2.32. The molecule has 0 saturated carbocycles. The van der Waals surface area contributed by atoms with Crippen LogP contribution >= 0.6 is 0 Å². The molecule has 2 rings (SSSR count). The maximum absolute atomic E-state index is 12.4. The summed E-state index contributed by atoms with van der Waals surface area (Å²) in [7, 11) is 1.16. The molecule has 1 N–H and O–H groups in total. The Labute approximate surface area is 165 Å². The van der Waals surface area contributed by atoms with Gasteiger partial charge in [-0.15, -0.1) is 0 Å². The Hall–Kier alpha value is -2.94. The number of sulfonamides is 1. The number of hydrogen-bond acceptors (Lipinski definition) is 6. The second kappa shape index (κ2) is 8.83. The molecule has 0 heterocycles. The summed E-state index contributed by atoms with van der Waals surface area (Å²) in [4.78, 5) is 12.4. The van der Waals surface area contributed by atoms with Gasteiger partial charge in [0.15, 0.2) is 6.10 Å². The third-order valence-electron chi connectivity index (χ3n) is 4.05. The number of methoxy groups -OCH3 is 2. The van der Waals surface area contributed by atoms with Crippen LogP contribution in [0.15, 0.2) is 42.5 Å². The molecule has 28 heavy (non-hydrogen) atoms. The number of carbonyl (C=O) groups is 1. The number of ether oxygens (including phenoxy) is 3.